The Morgan fingerprint density at radius 1 is 1.31 bits per heavy atom. The minimum atomic E-state index is -0.556. The van der Waals surface area contributed by atoms with Crippen LogP contribution in [-0.4, -0.2) is 21.5 Å². The molecule has 2 heterocycles. The number of aromatic nitrogens is 2. The van der Waals surface area contributed by atoms with E-state index in [1.165, 1.54) is 6.20 Å². The number of benzene rings is 1. The molecule has 2 aromatic rings. The minimum absolute atomic E-state index is 0.0884. The number of hydrogen-bond acceptors (Lipinski definition) is 4. The van der Waals surface area contributed by atoms with Crippen LogP contribution in [0.4, 0.5) is 5.82 Å². The van der Waals surface area contributed by atoms with Gasteiger partial charge in [-0.1, -0.05) is 37.6 Å². The number of ketones is 1. The molecule has 4 rings (SSSR count). The van der Waals surface area contributed by atoms with Crippen molar-refractivity contribution in [3.8, 4) is 0 Å². The third-order valence-corrected chi connectivity index (χ3v) is 5.21. The molecule has 134 valence electrons. The summed E-state index contributed by atoms with van der Waals surface area (Å²) in [6.45, 7) is 4.13. The second-order valence-electron chi connectivity index (χ2n) is 7.63. The molecular weight excluding hydrogens is 352 g/mol. The summed E-state index contributed by atoms with van der Waals surface area (Å²) in [5.41, 5.74) is 8.08. The van der Waals surface area contributed by atoms with Gasteiger partial charge in [0, 0.05) is 22.7 Å². The SMILES string of the molecule is CC1(C)CC(=O)C2=C(C1)Nc1c(C(N)=O)cnn1[C@@H]2c1ccc(Cl)cc1. The molecule has 0 saturated heterocycles. The number of hydrogen-bond donors (Lipinski definition) is 2. The predicted molar refractivity (Wildman–Crippen MR) is 99.0 cm³/mol. The van der Waals surface area contributed by atoms with Crippen molar-refractivity contribution in [2.45, 2.75) is 32.7 Å². The summed E-state index contributed by atoms with van der Waals surface area (Å²) in [7, 11) is 0. The third-order valence-electron chi connectivity index (χ3n) is 4.95. The third kappa shape index (κ3) is 2.61. The van der Waals surface area contributed by atoms with Gasteiger partial charge >= 0.3 is 0 Å². The molecule has 1 amide bonds. The molecule has 26 heavy (non-hydrogen) atoms. The quantitative estimate of drug-likeness (QED) is 0.848. The maximum Gasteiger partial charge on any atom is 0.254 e. The highest BCUT2D eigenvalue weighted by Crippen LogP contribution is 2.46. The topological polar surface area (TPSA) is 90.0 Å². The van der Waals surface area contributed by atoms with E-state index in [-0.39, 0.29) is 11.2 Å². The zero-order chi connectivity index (χ0) is 18.6. The fourth-order valence-corrected chi connectivity index (χ4v) is 3.97. The lowest BCUT2D eigenvalue weighted by molar-refractivity contribution is -0.118. The molecule has 0 fully saturated rings. The largest absolute Gasteiger partial charge is 0.365 e. The summed E-state index contributed by atoms with van der Waals surface area (Å²) < 4.78 is 1.67. The van der Waals surface area contributed by atoms with E-state index in [1.807, 2.05) is 12.1 Å². The number of amides is 1. The summed E-state index contributed by atoms with van der Waals surface area (Å²) >= 11 is 6.03. The van der Waals surface area contributed by atoms with Crippen LogP contribution in [0.25, 0.3) is 0 Å². The standard InChI is InChI=1S/C19H19ClN4O2/c1-19(2)7-13-15(14(25)8-19)16(10-3-5-11(20)6-4-10)24-18(23-13)12(9-22-24)17(21)26/h3-6,9,16,23H,7-8H2,1-2H3,(H2,21,26)/t16-/m1/s1. The van der Waals surface area contributed by atoms with E-state index in [0.717, 1.165) is 11.3 Å². The first kappa shape index (κ1) is 16.8. The Hall–Kier alpha value is -2.60. The second-order valence-corrected chi connectivity index (χ2v) is 8.06. The molecule has 1 atom stereocenters. The van der Waals surface area contributed by atoms with E-state index in [9.17, 15) is 9.59 Å². The van der Waals surface area contributed by atoms with Gasteiger partial charge in [-0.2, -0.15) is 5.10 Å². The van der Waals surface area contributed by atoms with Gasteiger partial charge in [-0.05, 0) is 29.5 Å². The Labute approximate surface area is 156 Å². The summed E-state index contributed by atoms with van der Waals surface area (Å²) in [6, 6.07) is 6.93. The molecule has 0 bridgehead atoms. The molecule has 0 saturated carbocycles. The zero-order valence-corrected chi connectivity index (χ0v) is 15.3. The van der Waals surface area contributed by atoms with E-state index in [0.29, 0.717) is 34.8 Å². The van der Waals surface area contributed by atoms with Gasteiger partial charge in [0.1, 0.15) is 17.4 Å². The average molecular weight is 371 g/mol. The van der Waals surface area contributed by atoms with Crippen molar-refractivity contribution in [3.05, 3.63) is 57.9 Å². The van der Waals surface area contributed by atoms with Gasteiger partial charge in [0.05, 0.1) is 6.20 Å². The highest BCUT2D eigenvalue weighted by atomic mass is 35.5. The number of nitrogens with two attached hydrogens (primary N) is 1. The van der Waals surface area contributed by atoms with Crippen LogP contribution in [0.3, 0.4) is 0 Å². The fraction of sp³-hybridized carbons (Fsp3) is 0.316. The van der Waals surface area contributed by atoms with Crippen LogP contribution in [0, 0.1) is 5.41 Å². The first-order chi connectivity index (χ1) is 12.3. The number of nitrogens with one attached hydrogen (secondary N) is 1. The molecule has 2 aliphatic rings. The number of halogens is 1. The number of carbonyl (C=O) groups is 2. The number of anilines is 1. The minimum Gasteiger partial charge on any atom is -0.365 e. The molecule has 0 unspecified atom stereocenters. The van der Waals surface area contributed by atoms with Crippen molar-refractivity contribution in [1.29, 1.82) is 0 Å². The van der Waals surface area contributed by atoms with Crippen LogP contribution in [0.1, 0.15) is 48.7 Å². The highest BCUT2D eigenvalue weighted by molar-refractivity contribution is 6.30. The van der Waals surface area contributed by atoms with Gasteiger partial charge < -0.3 is 11.1 Å². The Morgan fingerprint density at radius 2 is 2.00 bits per heavy atom. The van der Waals surface area contributed by atoms with Gasteiger partial charge in [0.15, 0.2) is 5.78 Å². The van der Waals surface area contributed by atoms with E-state index >= 15 is 0 Å². The van der Waals surface area contributed by atoms with Crippen LogP contribution < -0.4 is 11.1 Å². The van der Waals surface area contributed by atoms with Crippen LogP contribution in [0.5, 0.6) is 0 Å². The molecule has 0 radical (unpaired) electrons. The average Bonchev–Trinajstić information content (AvgIpc) is 2.96. The zero-order valence-electron chi connectivity index (χ0n) is 14.5. The van der Waals surface area contributed by atoms with Crippen molar-refractivity contribution in [3.63, 3.8) is 0 Å². The van der Waals surface area contributed by atoms with Crippen LogP contribution >= 0.6 is 11.6 Å². The van der Waals surface area contributed by atoms with Crippen molar-refractivity contribution >= 4 is 29.1 Å². The number of Topliss-reactive ketones (excluding diaryl/α,β-unsaturated/α-hetero) is 1. The summed E-state index contributed by atoms with van der Waals surface area (Å²) in [5, 5.41) is 8.23. The Balaban J connectivity index is 1.94. The van der Waals surface area contributed by atoms with Gasteiger partial charge in [0.25, 0.3) is 5.91 Å². The summed E-state index contributed by atoms with van der Waals surface area (Å²) in [5.74, 6) is 0.0613. The number of allylic oxidation sites excluding steroid dienone is 2. The molecule has 3 N–H and O–H groups in total. The van der Waals surface area contributed by atoms with Gasteiger partial charge in [0.2, 0.25) is 0 Å². The molecular formula is C19H19ClN4O2. The van der Waals surface area contributed by atoms with Crippen molar-refractivity contribution < 1.29 is 9.59 Å². The normalized spacial score (nSPS) is 21.0. The number of rotatable bonds is 2. The molecule has 1 aliphatic carbocycles. The summed E-state index contributed by atoms with van der Waals surface area (Å²) in [6.07, 6.45) is 2.63. The number of primary amides is 1. The van der Waals surface area contributed by atoms with Crippen LogP contribution in [-0.2, 0) is 4.79 Å². The number of nitrogens with zero attached hydrogens (tertiary/aromatic N) is 2. The smallest absolute Gasteiger partial charge is 0.254 e. The fourth-order valence-electron chi connectivity index (χ4n) is 3.84. The van der Waals surface area contributed by atoms with E-state index < -0.39 is 11.9 Å². The van der Waals surface area contributed by atoms with Gasteiger partial charge in [-0.25, -0.2) is 4.68 Å². The highest BCUT2D eigenvalue weighted by Gasteiger charge is 2.42. The van der Waals surface area contributed by atoms with Crippen LogP contribution in [0.15, 0.2) is 41.7 Å². The number of fused-ring (bicyclic) bond motifs is 1. The Kier molecular flexibility index (Phi) is 3.70. The lowest BCUT2D eigenvalue weighted by Crippen LogP contribution is -2.37. The molecule has 0 spiro atoms. The first-order valence-electron chi connectivity index (χ1n) is 8.43. The van der Waals surface area contributed by atoms with Crippen LogP contribution in [0.2, 0.25) is 5.02 Å². The van der Waals surface area contributed by atoms with Crippen molar-refractivity contribution in [2.75, 3.05) is 5.32 Å². The monoisotopic (exact) mass is 370 g/mol. The molecule has 1 aromatic carbocycles. The molecule has 6 nitrogen and oxygen atoms in total. The van der Waals surface area contributed by atoms with Gasteiger partial charge in [-0.3, -0.25) is 9.59 Å². The maximum absolute atomic E-state index is 13.0. The lowest BCUT2D eigenvalue weighted by atomic mass is 9.73. The molecule has 7 heteroatoms. The lowest BCUT2D eigenvalue weighted by Gasteiger charge is -2.39. The predicted octanol–water partition coefficient (Wildman–Crippen LogP) is 3.29. The van der Waals surface area contributed by atoms with Crippen molar-refractivity contribution in [1.82, 2.24) is 9.78 Å². The maximum atomic E-state index is 13.0. The molecule has 1 aromatic heterocycles. The Bertz CT molecular complexity index is 956. The first-order valence-corrected chi connectivity index (χ1v) is 8.81. The Morgan fingerprint density at radius 3 is 2.65 bits per heavy atom. The summed E-state index contributed by atoms with van der Waals surface area (Å²) in [4.78, 5) is 24.8. The number of carbonyl (C=O) groups excluding carboxylic acids is 2. The molecule has 1 aliphatic heterocycles. The van der Waals surface area contributed by atoms with E-state index in [4.69, 9.17) is 17.3 Å². The second kappa shape index (κ2) is 5.71. The van der Waals surface area contributed by atoms with E-state index in [2.05, 4.69) is 24.3 Å². The van der Waals surface area contributed by atoms with Crippen molar-refractivity contribution in [2.24, 2.45) is 11.1 Å². The van der Waals surface area contributed by atoms with E-state index in [1.54, 1.807) is 16.8 Å². The van der Waals surface area contributed by atoms with Gasteiger partial charge in [-0.15, -0.1) is 0 Å².